The van der Waals surface area contributed by atoms with Crippen LogP contribution in [0.3, 0.4) is 0 Å². The molecule has 1 N–H and O–H groups in total. The maximum absolute atomic E-state index is 12.9. The highest BCUT2D eigenvalue weighted by Crippen LogP contribution is 2.34. The van der Waals surface area contributed by atoms with Gasteiger partial charge in [-0.3, -0.25) is 4.79 Å². The summed E-state index contributed by atoms with van der Waals surface area (Å²) in [6, 6.07) is 8.96. The van der Waals surface area contributed by atoms with E-state index in [1.807, 2.05) is 24.3 Å². The molecule has 1 atom stereocenters. The number of benzene rings is 1. The van der Waals surface area contributed by atoms with E-state index in [4.69, 9.17) is 9.15 Å². The Kier molecular flexibility index (Phi) is 4.79. The minimum atomic E-state index is -1.08. The first-order chi connectivity index (χ1) is 12.0. The number of ether oxygens (including phenoxy) is 1. The standard InChI is InChI=1S/C19H21NO5/c1-3-16-14(19(22)23)11-17(25-16)18(21)20-10-4-5-15(20)12-6-8-13(24-2)9-7-12/h6-9,11,15H,3-5,10H2,1-2H3,(H,22,23). The molecule has 0 aliphatic carbocycles. The third kappa shape index (κ3) is 3.24. The van der Waals surface area contributed by atoms with E-state index in [1.54, 1.807) is 18.9 Å². The zero-order chi connectivity index (χ0) is 18.0. The minimum absolute atomic E-state index is 0.0399. The van der Waals surface area contributed by atoms with Crippen LogP contribution in [0.5, 0.6) is 5.75 Å². The number of methoxy groups -OCH3 is 1. The second kappa shape index (κ2) is 7.01. The van der Waals surface area contributed by atoms with Crippen molar-refractivity contribution in [2.24, 2.45) is 0 Å². The molecule has 0 bridgehead atoms. The number of rotatable bonds is 5. The first kappa shape index (κ1) is 17.1. The number of hydrogen-bond acceptors (Lipinski definition) is 4. The predicted octanol–water partition coefficient (Wildman–Crippen LogP) is 3.53. The number of furan rings is 1. The number of aryl methyl sites for hydroxylation is 1. The fraction of sp³-hybridized carbons (Fsp3) is 0.368. The Balaban J connectivity index is 1.86. The van der Waals surface area contributed by atoms with E-state index in [9.17, 15) is 14.7 Å². The average Bonchev–Trinajstić information content (AvgIpc) is 3.28. The van der Waals surface area contributed by atoms with E-state index < -0.39 is 5.97 Å². The number of carboxylic acids is 1. The van der Waals surface area contributed by atoms with Crippen LogP contribution in [-0.2, 0) is 6.42 Å². The van der Waals surface area contributed by atoms with Crippen molar-refractivity contribution in [2.45, 2.75) is 32.2 Å². The number of carbonyl (C=O) groups excluding carboxylic acids is 1. The van der Waals surface area contributed by atoms with Gasteiger partial charge in [0.2, 0.25) is 0 Å². The molecule has 1 unspecified atom stereocenters. The van der Waals surface area contributed by atoms with E-state index in [0.29, 0.717) is 18.7 Å². The number of nitrogens with zero attached hydrogens (tertiary/aromatic N) is 1. The topological polar surface area (TPSA) is 80.0 Å². The highest BCUT2D eigenvalue weighted by atomic mass is 16.5. The van der Waals surface area contributed by atoms with Gasteiger partial charge in [-0.25, -0.2) is 4.79 Å². The van der Waals surface area contributed by atoms with Gasteiger partial charge in [0.15, 0.2) is 5.76 Å². The van der Waals surface area contributed by atoms with Crippen molar-refractivity contribution in [2.75, 3.05) is 13.7 Å². The summed E-state index contributed by atoms with van der Waals surface area (Å²) in [4.78, 5) is 25.9. The van der Waals surface area contributed by atoms with E-state index in [2.05, 4.69) is 0 Å². The fourth-order valence-electron chi connectivity index (χ4n) is 3.30. The summed E-state index contributed by atoms with van der Waals surface area (Å²) in [7, 11) is 1.61. The van der Waals surface area contributed by atoms with Gasteiger partial charge in [-0.05, 0) is 30.5 Å². The van der Waals surface area contributed by atoms with Crippen molar-refractivity contribution in [3.8, 4) is 5.75 Å². The molecule has 1 aliphatic heterocycles. The van der Waals surface area contributed by atoms with Crippen molar-refractivity contribution in [1.29, 1.82) is 0 Å². The number of carboxylic acid groups (broad SMARTS) is 1. The van der Waals surface area contributed by atoms with Crippen molar-refractivity contribution in [3.05, 3.63) is 53.0 Å². The molecule has 1 aliphatic rings. The van der Waals surface area contributed by atoms with Gasteiger partial charge in [0.25, 0.3) is 5.91 Å². The van der Waals surface area contributed by atoms with Crippen LogP contribution in [0.1, 0.15) is 58.0 Å². The number of carbonyl (C=O) groups is 2. The number of likely N-dealkylation sites (tertiary alicyclic amines) is 1. The summed E-state index contributed by atoms with van der Waals surface area (Å²) in [6.07, 6.45) is 2.19. The Morgan fingerprint density at radius 3 is 2.60 bits per heavy atom. The van der Waals surface area contributed by atoms with Gasteiger partial charge in [-0.1, -0.05) is 19.1 Å². The Hall–Kier alpha value is -2.76. The van der Waals surface area contributed by atoms with E-state index in [-0.39, 0.29) is 23.3 Å². The lowest BCUT2D eigenvalue weighted by Crippen LogP contribution is -2.30. The van der Waals surface area contributed by atoms with Crippen LogP contribution >= 0.6 is 0 Å². The largest absolute Gasteiger partial charge is 0.497 e. The molecule has 6 nitrogen and oxygen atoms in total. The highest BCUT2D eigenvalue weighted by molar-refractivity contribution is 5.96. The first-order valence-corrected chi connectivity index (χ1v) is 8.36. The SMILES string of the molecule is CCc1oc(C(=O)N2CCCC2c2ccc(OC)cc2)cc1C(=O)O. The van der Waals surface area contributed by atoms with E-state index in [1.165, 1.54) is 6.07 Å². The van der Waals surface area contributed by atoms with Crippen LogP contribution in [0.15, 0.2) is 34.7 Å². The molecule has 0 saturated carbocycles. The Morgan fingerprint density at radius 1 is 1.32 bits per heavy atom. The lowest BCUT2D eigenvalue weighted by Gasteiger charge is -2.24. The first-order valence-electron chi connectivity index (χ1n) is 8.36. The molecular weight excluding hydrogens is 322 g/mol. The van der Waals surface area contributed by atoms with Gasteiger partial charge >= 0.3 is 5.97 Å². The van der Waals surface area contributed by atoms with Gasteiger partial charge in [-0.2, -0.15) is 0 Å². The monoisotopic (exact) mass is 343 g/mol. The van der Waals surface area contributed by atoms with Gasteiger partial charge in [0, 0.05) is 19.0 Å². The number of hydrogen-bond donors (Lipinski definition) is 1. The summed E-state index contributed by atoms with van der Waals surface area (Å²) in [5.41, 5.74) is 1.10. The van der Waals surface area contributed by atoms with Crippen LogP contribution in [-0.4, -0.2) is 35.5 Å². The second-order valence-electron chi connectivity index (χ2n) is 6.04. The van der Waals surface area contributed by atoms with Crippen molar-refractivity contribution in [3.63, 3.8) is 0 Å². The molecule has 2 aromatic rings. The molecule has 1 aromatic carbocycles. The molecular formula is C19H21NO5. The molecule has 1 saturated heterocycles. The summed E-state index contributed by atoms with van der Waals surface area (Å²) in [5, 5.41) is 9.24. The molecule has 132 valence electrons. The van der Waals surface area contributed by atoms with Gasteiger partial charge < -0.3 is 19.2 Å². The van der Waals surface area contributed by atoms with E-state index >= 15 is 0 Å². The molecule has 2 heterocycles. The number of aromatic carboxylic acids is 1. The minimum Gasteiger partial charge on any atom is -0.497 e. The third-order valence-corrected chi connectivity index (χ3v) is 4.59. The third-order valence-electron chi connectivity index (χ3n) is 4.59. The maximum atomic E-state index is 12.9. The van der Waals surface area contributed by atoms with Crippen molar-refractivity contribution < 1.29 is 23.8 Å². The molecule has 0 spiro atoms. The summed E-state index contributed by atoms with van der Waals surface area (Å²) >= 11 is 0. The van der Waals surface area contributed by atoms with Gasteiger partial charge in [-0.15, -0.1) is 0 Å². The second-order valence-corrected chi connectivity index (χ2v) is 6.04. The van der Waals surface area contributed by atoms with Crippen LogP contribution < -0.4 is 4.74 Å². The van der Waals surface area contributed by atoms with Crippen LogP contribution in [0.4, 0.5) is 0 Å². The van der Waals surface area contributed by atoms with Crippen molar-refractivity contribution in [1.82, 2.24) is 4.90 Å². The lowest BCUT2D eigenvalue weighted by molar-refractivity contribution is 0.0687. The summed E-state index contributed by atoms with van der Waals surface area (Å²) < 4.78 is 10.7. The molecule has 6 heteroatoms. The Labute approximate surface area is 146 Å². The zero-order valence-corrected chi connectivity index (χ0v) is 14.3. The molecule has 3 rings (SSSR count). The number of amides is 1. The van der Waals surface area contributed by atoms with Gasteiger partial charge in [0.1, 0.15) is 17.1 Å². The molecule has 1 fully saturated rings. The van der Waals surface area contributed by atoms with Crippen LogP contribution in [0, 0.1) is 0 Å². The summed E-state index contributed by atoms with van der Waals surface area (Å²) in [5.74, 6) is -0.150. The predicted molar refractivity (Wildman–Crippen MR) is 91.1 cm³/mol. The smallest absolute Gasteiger partial charge is 0.339 e. The lowest BCUT2D eigenvalue weighted by atomic mass is 10.0. The maximum Gasteiger partial charge on any atom is 0.339 e. The Morgan fingerprint density at radius 2 is 2.04 bits per heavy atom. The zero-order valence-electron chi connectivity index (χ0n) is 14.3. The van der Waals surface area contributed by atoms with Gasteiger partial charge in [0.05, 0.1) is 13.2 Å². The molecule has 25 heavy (non-hydrogen) atoms. The van der Waals surface area contributed by atoms with Crippen LogP contribution in [0.25, 0.3) is 0 Å². The van der Waals surface area contributed by atoms with Crippen LogP contribution in [0.2, 0.25) is 0 Å². The normalized spacial score (nSPS) is 16.9. The Bertz CT molecular complexity index is 778. The highest BCUT2D eigenvalue weighted by Gasteiger charge is 2.33. The average molecular weight is 343 g/mol. The molecule has 1 amide bonds. The molecule has 0 radical (unpaired) electrons. The van der Waals surface area contributed by atoms with Crippen molar-refractivity contribution >= 4 is 11.9 Å². The summed E-state index contributed by atoms with van der Waals surface area (Å²) in [6.45, 7) is 2.43. The van der Waals surface area contributed by atoms with E-state index in [0.717, 1.165) is 24.2 Å². The fourth-order valence-corrected chi connectivity index (χ4v) is 3.30. The molecule has 1 aromatic heterocycles. The quantitative estimate of drug-likeness (QED) is 0.898.